The minimum absolute atomic E-state index is 0.279. The first-order chi connectivity index (χ1) is 9.22. The van der Waals surface area contributed by atoms with Crippen molar-refractivity contribution >= 4 is 5.69 Å². The number of rotatable bonds is 4. The van der Waals surface area contributed by atoms with Crippen molar-refractivity contribution in [1.82, 2.24) is 0 Å². The molecule has 102 valence electrons. The molecule has 0 radical (unpaired) electrons. The molecule has 0 bridgehead atoms. The van der Waals surface area contributed by atoms with Gasteiger partial charge in [-0.2, -0.15) is 5.26 Å². The van der Waals surface area contributed by atoms with Crippen LogP contribution in [0.4, 0.5) is 5.69 Å². The molecule has 1 fully saturated rings. The molecule has 1 N–H and O–H groups in total. The maximum Gasteiger partial charge on any atom is 0.142 e. The highest BCUT2D eigenvalue weighted by molar-refractivity contribution is 5.60. The van der Waals surface area contributed by atoms with Crippen LogP contribution in [0.15, 0.2) is 18.2 Å². The van der Waals surface area contributed by atoms with E-state index in [1.807, 2.05) is 19.1 Å². The Morgan fingerprint density at radius 2 is 2.37 bits per heavy atom. The molecule has 0 saturated carbocycles. The molecule has 1 aliphatic rings. The quantitative estimate of drug-likeness (QED) is 0.904. The number of anilines is 1. The van der Waals surface area contributed by atoms with E-state index in [2.05, 4.69) is 18.3 Å². The third kappa shape index (κ3) is 3.62. The van der Waals surface area contributed by atoms with E-state index in [9.17, 15) is 0 Å². The van der Waals surface area contributed by atoms with Gasteiger partial charge in [0.25, 0.3) is 0 Å². The topological polar surface area (TPSA) is 54.3 Å². The third-order valence-corrected chi connectivity index (χ3v) is 3.25. The van der Waals surface area contributed by atoms with E-state index < -0.39 is 0 Å². The summed E-state index contributed by atoms with van der Waals surface area (Å²) in [6, 6.07) is 8.02. The first kappa shape index (κ1) is 13.7. The first-order valence-corrected chi connectivity index (χ1v) is 6.78. The average Bonchev–Trinajstić information content (AvgIpc) is 2.41. The highest BCUT2D eigenvalue weighted by Crippen LogP contribution is 2.28. The van der Waals surface area contributed by atoms with Gasteiger partial charge >= 0.3 is 0 Å². The summed E-state index contributed by atoms with van der Waals surface area (Å²) in [6.45, 7) is 5.44. The maximum atomic E-state index is 8.99. The molecule has 0 aliphatic carbocycles. The number of hydrogen-bond donors (Lipinski definition) is 1. The number of nitrogens with zero attached hydrogens (tertiary/aromatic N) is 1. The van der Waals surface area contributed by atoms with Crippen LogP contribution in [0, 0.1) is 11.3 Å². The lowest BCUT2D eigenvalue weighted by Crippen LogP contribution is -2.32. The summed E-state index contributed by atoms with van der Waals surface area (Å²) in [6.07, 6.45) is 2.23. The summed E-state index contributed by atoms with van der Waals surface area (Å²) in [5.41, 5.74) is 1.55. The SMILES string of the molecule is CCOc1ccc(C#N)cc1NC1CCOC(C)C1. The smallest absolute Gasteiger partial charge is 0.142 e. The second kappa shape index (κ2) is 6.44. The molecule has 1 heterocycles. The van der Waals surface area contributed by atoms with Crippen molar-refractivity contribution in [2.75, 3.05) is 18.5 Å². The minimum atomic E-state index is 0.279. The van der Waals surface area contributed by atoms with E-state index in [0.717, 1.165) is 30.9 Å². The summed E-state index contributed by atoms with van der Waals surface area (Å²) < 4.78 is 11.1. The summed E-state index contributed by atoms with van der Waals surface area (Å²) in [5, 5.41) is 12.5. The van der Waals surface area contributed by atoms with Crippen LogP contribution >= 0.6 is 0 Å². The van der Waals surface area contributed by atoms with Gasteiger partial charge in [0.05, 0.1) is 30.0 Å². The van der Waals surface area contributed by atoms with Gasteiger partial charge in [-0.05, 0) is 44.9 Å². The Morgan fingerprint density at radius 1 is 1.53 bits per heavy atom. The zero-order valence-corrected chi connectivity index (χ0v) is 11.5. The lowest BCUT2D eigenvalue weighted by molar-refractivity contribution is 0.0232. The van der Waals surface area contributed by atoms with Crippen molar-refractivity contribution in [2.24, 2.45) is 0 Å². The zero-order valence-electron chi connectivity index (χ0n) is 11.5. The molecule has 1 saturated heterocycles. The molecule has 0 spiro atoms. The Kier molecular flexibility index (Phi) is 4.64. The van der Waals surface area contributed by atoms with Crippen LogP contribution in [0.25, 0.3) is 0 Å². The number of nitrogens with one attached hydrogen (secondary N) is 1. The molecule has 2 rings (SSSR count). The first-order valence-electron chi connectivity index (χ1n) is 6.78. The highest BCUT2D eigenvalue weighted by Gasteiger charge is 2.20. The predicted molar refractivity (Wildman–Crippen MR) is 74.4 cm³/mol. The van der Waals surface area contributed by atoms with Gasteiger partial charge in [-0.3, -0.25) is 0 Å². The van der Waals surface area contributed by atoms with E-state index in [-0.39, 0.29) is 6.10 Å². The van der Waals surface area contributed by atoms with Gasteiger partial charge in [-0.1, -0.05) is 0 Å². The van der Waals surface area contributed by atoms with Crippen molar-refractivity contribution in [1.29, 1.82) is 5.26 Å². The van der Waals surface area contributed by atoms with Crippen LogP contribution in [-0.4, -0.2) is 25.4 Å². The highest BCUT2D eigenvalue weighted by atomic mass is 16.5. The van der Waals surface area contributed by atoms with Crippen LogP contribution < -0.4 is 10.1 Å². The van der Waals surface area contributed by atoms with Crippen LogP contribution in [0.3, 0.4) is 0 Å². The fraction of sp³-hybridized carbons (Fsp3) is 0.533. The fourth-order valence-corrected chi connectivity index (χ4v) is 2.34. The predicted octanol–water partition coefficient (Wildman–Crippen LogP) is 2.94. The van der Waals surface area contributed by atoms with E-state index in [0.29, 0.717) is 18.2 Å². The maximum absolute atomic E-state index is 8.99. The molecule has 1 aliphatic heterocycles. The Bertz CT molecular complexity index is 468. The van der Waals surface area contributed by atoms with Crippen molar-refractivity contribution in [3.63, 3.8) is 0 Å². The van der Waals surface area contributed by atoms with E-state index in [4.69, 9.17) is 14.7 Å². The molecule has 19 heavy (non-hydrogen) atoms. The Hall–Kier alpha value is -1.73. The van der Waals surface area contributed by atoms with Crippen LogP contribution in [-0.2, 0) is 4.74 Å². The molecular formula is C15H20N2O2. The van der Waals surface area contributed by atoms with E-state index in [1.54, 1.807) is 6.07 Å². The lowest BCUT2D eigenvalue weighted by atomic mass is 10.0. The fourth-order valence-electron chi connectivity index (χ4n) is 2.34. The molecule has 1 aromatic carbocycles. The Balaban J connectivity index is 2.14. The molecule has 2 atom stereocenters. The number of benzene rings is 1. The van der Waals surface area contributed by atoms with Gasteiger partial charge in [-0.15, -0.1) is 0 Å². The monoisotopic (exact) mass is 260 g/mol. The standard InChI is InChI=1S/C15H20N2O2/c1-3-18-15-5-4-12(10-16)9-14(15)17-13-6-7-19-11(2)8-13/h4-5,9,11,13,17H,3,6-8H2,1-2H3. The summed E-state index contributed by atoms with van der Waals surface area (Å²) in [7, 11) is 0. The van der Waals surface area contributed by atoms with Gasteiger partial charge in [-0.25, -0.2) is 0 Å². The van der Waals surface area contributed by atoms with Gasteiger partial charge in [0, 0.05) is 12.6 Å². The molecular weight excluding hydrogens is 240 g/mol. The molecule has 0 amide bonds. The largest absolute Gasteiger partial charge is 0.492 e. The number of ether oxygens (including phenoxy) is 2. The summed E-state index contributed by atoms with van der Waals surface area (Å²) in [4.78, 5) is 0. The van der Waals surface area contributed by atoms with Crippen LogP contribution in [0.1, 0.15) is 32.3 Å². The zero-order chi connectivity index (χ0) is 13.7. The van der Waals surface area contributed by atoms with Gasteiger partial charge in [0.15, 0.2) is 0 Å². The Labute approximate surface area is 114 Å². The molecule has 0 aromatic heterocycles. The molecule has 1 aromatic rings. The van der Waals surface area contributed by atoms with Gasteiger partial charge in [0.1, 0.15) is 5.75 Å². The third-order valence-electron chi connectivity index (χ3n) is 3.25. The molecule has 4 heteroatoms. The van der Waals surface area contributed by atoms with E-state index in [1.165, 1.54) is 0 Å². The average molecular weight is 260 g/mol. The molecule has 4 nitrogen and oxygen atoms in total. The number of hydrogen-bond acceptors (Lipinski definition) is 4. The molecule has 2 unspecified atom stereocenters. The minimum Gasteiger partial charge on any atom is -0.492 e. The van der Waals surface area contributed by atoms with Crippen molar-refractivity contribution in [3.8, 4) is 11.8 Å². The normalized spacial score (nSPS) is 22.6. The van der Waals surface area contributed by atoms with Crippen LogP contribution in [0.2, 0.25) is 0 Å². The van der Waals surface area contributed by atoms with Crippen LogP contribution in [0.5, 0.6) is 5.75 Å². The second-order valence-electron chi connectivity index (χ2n) is 4.80. The van der Waals surface area contributed by atoms with Gasteiger partial charge in [0.2, 0.25) is 0 Å². The van der Waals surface area contributed by atoms with Crippen molar-refractivity contribution < 1.29 is 9.47 Å². The van der Waals surface area contributed by atoms with Crippen molar-refractivity contribution in [2.45, 2.75) is 38.8 Å². The second-order valence-corrected chi connectivity index (χ2v) is 4.80. The van der Waals surface area contributed by atoms with Crippen molar-refractivity contribution in [3.05, 3.63) is 23.8 Å². The summed E-state index contributed by atoms with van der Waals surface area (Å²) in [5.74, 6) is 0.806. The number of nitriles is 1. The summed E-state index contributed by atoms with van der Waals surface area (Å²) >= 11 is 0. The van der Waals surface area contributed by atoms with Gasteiger partial charge < -0.3 is 14.8 Å². The lowest BCUT2D eigenvalue weighted by Gasteiger charge is -2.29. The Morgan fingerprint density at radius 3 is 3.05 bits per heavy atom. The van der Waals surface area contributed by atoms with E-state index >= 15 is 0 Å².